The second kappa shape index (κ2) is 12.7. The molecule has 0 radical (unpaired) electrons. The normalized spacial score (nSPS) is 11.7. The molecule has 1 amide bonds. The van der Waals surface area contributed by atoms with Crippen LogP contribution in [0.25, 0.3) is 11.3 Å². The van der Waals surface area contributed by atoms with E-state index in [0.29, 0.717) is 18.2 Å². The Hall–Kier alpha value is -3.65. The van der Waals surface area contributed by atoms with Gasteiger partial charge in [-0.3, -0.25) is 4.79 Å². The largest absolute Gasteiger partial charge is 0.497 e. The van der Waals surface area contributed by atoms with Gasteiger partial charge in [0.05, 0.1) is 32.4 Å². The van der Waals surface area contributed by atoms with E-state index in [4.69, 9.17) is 9.47 Å². The van der Waals surface area contributed by atoms with Crippen LogP contribution in [0.1, 0.15) is 30.3 Å². The van der Waals surface area contributed by atoms with E-state index in [-0.39, 0.29) is 18.4 Å². The number of nitrogens with one attached hydrogen (secondary N) is 2. The summed E-state index contributed by atoms with van der Waals surface area (Å²) in [7, 11) is 7.32. The molecule has 0 saturated heterocycles. The highest BCUT2D eigenvalue weighted by Crippen LogP contribution is 2.28. The lowest BCUT2D eigenvalue weighted by Crippen LogP contribution is -2.29. The fourth-order valence-electron chi connectivity index (χ4n) is 3.74. The Morgan fingerprint density at radius 1 is 1.00 bits per heavy atom. The number of carbonyl (C=O) groups excluding carboxylic acids is 1. The zero-order chi connectivity index (χ0) is 25.2. The minimum atomic E-state index is -0.300. The lowest BCUT2D eigenvalue weighted by Gasteiger charge is -2.21. The van der Waals surface area contributed by atoms with Crippen LogP contribution in [0.2, 0.25) is 0 Å². The first-order chi connectivity index (χ1) is 16.9. The summed E-state index contributed by atoms with van der Waals surface area (Å²) in [4.78, 5) is 24.1. The van der Waals surface area contributed by atoms with Gasteiger partial charge in [-0.2, -0.15) is 0 Å². The van der Waals surface area contributed by atoms with Crippen molar-refractivity contribution in [2.75, 3.05) is 46.7 Å². The minimum absolute atomic E-state index is 0.0251. The summed E-state index contributed by atoms with van der Waals surface area (Å²) in [6, 6.07) is 17.1. The monoisotopic (exact) mass is 477 g/mol. The predicted octanol–water partition coefficient (Wildman–Crippen LogP) is 4.08. The number of rotatable bonds is 12. The van der Waals surface area contributed by atoms with Crippen LogP contribution in [0, 0.1) is 6.92 Å². The maximum absolute atomic E-state index is 12.8. The van der Waals surface area contributed by atoms with Crippen LogP contribution in [0.4, 0.5) is 5.82 Å². The minimum Gasteiger partial charge on any atom is -0.497 e. The van der Waals surface area contributed by atoms with Gasteiger partial charge in [0.1, 0.15) is 23.1 Å². The summed E-state index contributed by atoms with van der Waals surface area (Å²) in [5, 5.41) is 6.49. The zero-order valence-corrected chi connectivity index (χ0v) is 21.2. The summed E-state index contributed by atoms with van der Waals surface area (Å²) in [6.45, 7) is 3.41. The van der Waals surface area contributed by atoms with Crippen molar-refractivity contribution in [2.24, 2.45) is 0 Å². The van der Waals surface area contributed by atoms with Crippen LogP contribution >= 0.6 is 0 Å². The van der Waals surface area contributed by atoms with E-state index < -0.39 is 0 Å². The average molecular weight is 478 g/mol. The number of anilines is 1. The number of carbonyl (C=O) groups is 1. The van der Waals surface area contributed by atoms with E-state index >= 15 is 0 Å². The fourth-order valence-corrected chi connectivity index (χ4v) is 3.74. The molecule has 8 nitrogen and oxygen atoms in total. The highest BCUT2D eigenvalue weighted by molar-refractivity contribution is 5.77. The molecule has 0 aliphatic heterocycles. The SMILES string of the molecule is COc1cccc(-c2cc(NC(CC(=O)NCCCN(C)C)c3cccc(OC)c3)nc(C)n2)c1. The maximum Gasteiger partial charge on any atom is 0.222 e. The molecule has 1 aromatic heterocycles. The van der Waals surface area contributed by atoms with Crippen LogP contribution in [-0.2, 0) is 4.79 Å². The zero-order valence-electron chi connectivity index (χ0n) is 21.2. The lowest BCUT2D eigenvalue weighted by atomic mass is 10.0. The van der Waals surface area contributed by atoms with Gasteiger partial charge >= 0.3 is 0 Å². The van der Waals surface area contributed by atoms with Crippen molar-refractivity contribution in [2.45, 2.75) is 25.8 Å². The third kappa shape index (κ3) is 7.96. The number of aryl methyl sites for hydroxylation is 1. The number of hydrogen-bond acceptors (Lipinski definition) is 7. The molecule has 0 bridgehead atoms. The third-order valence-corrected chi connectivity index (χ3v) is 5.52. The number of methoxy groups -OCH3 is 2. The maximum atomic E-state index is 12.8. The first-order valence-electron chi connectivity index (χ1n) is 11.7. The second-order valence-electron chi connectivity index (χ2n) is 8.60. The standard InChI is InChI=1S/C27H35N5O3/c1-19-29-24(20-9-6-11-22(15-20)34-4)17-26(30-19)31-25(21-10-7-12-23(16-21)35-5)18-27(33)28-13-8-14-32(2)3/h6-7,9-12,15-17,25H,8,13-14,18H2,1-5H3,(H,28,33)(H,29,30,31). The second-order valence-corrected chi connectivity index (χ2v) is 8.60. The highest BCUT2D eigenvalue weighted by Gasteiger charge is 2.18. The van der Waals surface area contributed by atoms with Gasteiger partial charge in [0.15, 0.2) is 0 Å². The van der Waals surface area contributed by atoms with Crippen molar-refractivity contribution in [1.82, 2.24) is 20.2 Å². The fraction of sp³-hybridized carbons (Fsp3) is 0.370. The number of hydrogen-bond donors (Lipinski definition) is 2. The summed E-state index contributed by atoms with van der Waals surface area (Å²) >= 11 is 0. The van der Waals surface area contributed by atoms with Crippen molar-refractivity contribution in [3.63, 3.8) is 0 Å². The molecule has 0 spiro atoms. The van der Waals surface area contributed by atoms with E-state index in [2.05, 4.69) is 25.5 Å². The van der Waals surface area contributed by atoms with Gasteiger partial charge in [-0.25, -0.2) is 9.97 Å². The van der Waals surface area contributed by atoms with Gasteiger partial charge in [-0.05, 0) is 63.8 Å². The summed E-state index contributed by atoms with van der Waals surface area (Å²) in [5.74, 6) is 2.74. The molecule has 0 aliphatic carbocycles. The summed E-state index contributed by atoms with van der Waals surface area (Å²) < 4.78 is 10.8. The van der Waals surface area contributed by atoms with E-state index in [9.17, 15) is 4.79 Å². The molecule has 186 valence electrons. The molecular formula is C27H35N5O3. The smallest absolute Gasteiger partial charge is 0.222 e. The van der Waals surface area contributed by atoms with Crippen molar-refractivity contribution in [1.29, 1.82) is 0 Å². The molecule has 1 atom stereocenters. The van der Waals surface area contributed by atoms with Crippen LogP contribution in [0.5, 0.6) is 11.5 Å². The Morgan fingerprint density at radius 3 is 2.43 bits per heavy atom. The Morgan fingerprint density at radius 2 is 1.71 bits per heavy atom. The van der Waals surface area contributed by atoms with Crippen LogP contribution in [0.3, 0.4) is 0 Å². The van der Waals surface area contributed by atoms with Gasteiger partial charge in [0.25, 0.3) is 0 Å². The number of benzene rings is 2. The van der Waals surface area contributed by atoms with Gasteiger partial charge in [-0.1, -0.05) is 24.3 Å². The van der Waals surface area contributed by atoms with Crippen LogP contribution in [-0.4, -0.2) is 62.2 Å². The summed E-state index contributed by atoms with van der Waals surface area (Å²) in [5.41, 5.74) is 2.64. The molecule has 2 aromatic carbocycles. The van der Waals surface area contributed by atoms with E-state index in [0.717, 1.165) is 41.3 Å². The molecule has 35 heavy (non-hydrogen) atoms. The van der Waals surface area contributed by atoms with E-state index in [1.54, 1.807) is 14.2 Å². The molecule has 0 fully saturated rings. The first-order valence-corrected chi connectivity index (χ1v) is 11.7. The molecule has 2 N–H and O–H groups in total. The molecule has 8 heteroatoms. The predicted molar refractivity (Wildman–Crippen MR) is 139 cm³/mol. The molecule has 0 aliphatic rings. The van der Waals surface area contributed by atoms with Gasteiger partial charge in [0.2, 0.25) is 5.91 Å². The number of ether oxygens (including phenoxy) is 2. The first kappa shape index (κ1) is 26.0. The van der Waals surface area contributed by atoms with Crippen LogP contribution in [0.15, 0.2) is 54.6 Å². The molecular weight excluding hydrogens is 442 g/mol. The molecule has 3 rings (SSSR count). The number of amides is 1. The van der Waals surface area contributed by atoms with Crippen molar-refractivity contribution in [3.8, 4) is 22.8 Å². The molecule has 3 aromatic rings. The van der Waals surface area contributed by atoms with Crippen LogP contribution < -0.4 is 20.1 Å². The van der Waals surface area contributed by atoms with E-state index in [1.807, 2.05) is 75.6 Å². The highest BCUT2D eigenvalue weighted by atomic mass is 16.5. The van der Waals surface area contributed by atoms with Crippen molar-refractivity contribution in [3.05, 3.63) is 66.0 Å². The topological polar surface area (TPSA) is 88.6 Å². The quantitative estimate of drug-likeness (QED) is 0.380. The Kier molecular flexibility index (Phi) is 9.43. The number of aromatic nitrogens is 2. The Labute approximate surface area is 207 Å². The van der Waals surface area contributed by atoms with Gasteiger partial charge < -0.3 is 25.0 Å². The lowest BCUT2D eigenvalue weighted by molar-refractivity contribution is -0.121. The van der Waals surface area contributed by atoms with Gasteiger partial charge in [0, 0.05) is 18.2 Å². The molecule has 0 saturated carbocycles. The average Bonchev–Trinajstić information content (AvgIpc) is 2.86. The summed E-state index contributed by atoms with van der Waals surface area (Å²) in [6.07, 6.45) is 1.15. The molecule has 1 heterocycles. The number of nitrogens with zero attached hydrogens (tertiary/aromatic N) is 3. The Balaban J connectivity index is 1.83. The van der Waals surface area contributed by atoms with Crippen molar-refractivity contribution >= 4 is 11.7 Å². The van der Waals surface area contributed by atoms with E-state index in [1.165, 1.54) is 0 Å². The third-order valence-electron chi connectivity index (χ3n) is 5.52. The van der Waals surface area contributed by atoms with Gasteiger partial charge in [-0.15, -0.1) is 0 Å². The Bertz CT molecular complexity index is 1120. The van der Waals surface area contributed by atoms with Crippen molar-refractivity contribution < 1.29 is 14.3 Å². The molecule has 1 unspecified atom stereocenters.